The highest BCUT2D eigenvalue weighted by Crippen LogP contribution is 2.46. The summed E-state index contributed by atoms with van der Waals surface area (Å²) in [6, 6.07) is 11.8. The van der Waals surface area contributed by atoms with Gasteiger partial charge in [-0.3, -0.25) is 0 Å². The summed E-state index contributed by atoms with van der Waals surface area (Å²) in [4.78, 5) is 0. The molecule has 0 atom stereocenters. The number of rotatable bonds is 8. The maximum Gasteiger partial charge on any atom is 0.130 e. The summed E-state index contributed by atoms with van der Waals surface area (Å²) < 4.78 is 22.6. The van der Waals surface area contributed by atoms with Gasteiger partial charge in [-0.25, -0.2) is 0 Å². The van der Waals surface area contributed by atoms with Crippen LogP contribution in [0, 0.1) is 0 Å². The third-order valence-electron chi connectivity index (χ3n) is 3.79. The fourth-order valence-electron chi connectivity index (χ4n) is 2.75. The van der Waals surface area contributed by atoms with E-state index in [1.54, 1.807) is 28.4 Å². The van der Waals surface area contributed by atoms with Crippen molar-refractivity contribution in [3.8, 4) is 23.0 Å². The molecule has 0 heterocycles. The van der Waals surface area contributed by atoms with E-state index < -0.39 is 7.92 Å². The van der Waals surface area contributed by atoms with Gasteiger partial charge in [0.1, 0.15) is 23.0 Å². The van der Waals surface area contributed by atoms with Crippen molar-refractivity contribution in [2.24, 2.45) is 0 Å². The first kappa shape index (κ1) is 18.4. The fourth-order valence-corrected chi connectivity index (χ4v) is 5.60. The largest absolute Gasteiger partial charge is 0.496 e. The van der Waals surface area contributed by atoms with Crippen molar-refractivity contribution in [2.45, 2.75) is 13.3 Å². The van der Waals surface area contributed by atoms with E-state index in [2.05, 4.69) is 6.92 Å². The Morgan fingerprint density at radius 3 is 1.25 bits per heavy atom. The van der Waals surface area contributed by atoms with Crippen molar-refractivity contribution in [3.63, 3.8) is 0 Å². The zero-order valence-electron chi connectivity index (χ0n) is 15.0. The van der Waals surface area contributed by atoms with Gasteiger partial charge in [-0.1, -0.05) is 25.5 Å². The summed E-state index contributed by atoms with van der Waals surface area (Å²) in [6.45, 7) is 2.18. The second-order valence-electron chi connectivity index (χ2n) is 5.17. The van der Waals surface area contributed by atoms with E-state index in [0.29, 0.717) is 0 Å². The van der Waals surface area contributed by atoms with Crippen LogP contribution in [0.1, 0.15) is 13.3 Å². The molecular formula is C19H25O4P. The summed E-state index contributed by atoms with van der Waals surface area (Å²) in [6.07, 6.45) is 2.02. The van der Waals surface area contributed by atoms with Crippen molar-refractivity contribution >= 4 is 18.5 Å². The van der Waals surface area contributed by atoms with Crippen LogP contribution < -0.4 is 29.6 Å². The molecule has 0 bridgehead atoms. The number of benzene rings is 2. The normalized spacial score (nSPS) is 10.6. The van der Waals surface area contributed by atoms with E-state index in [1.165, 1.54) is 0 Å². The minimum Gasteiger partial charge on any atom is -0.496 e. The van der Waals surface area contributed by atoms with Crippen LogP contribution in [-0.2, 0) is 0 Å². The Morgan fingerprint density at radius 1 is 0.667 bits per heavy atom. The Labute approximate surface area is 145 Å². The molecule has 0 saturated heterocycles. The first-order chi connectivity index (χ1) is 11.7. The summed E-state index contributed by atoms with van der Waals surface area (Å²) in [5.41, 5.74) is 0. The molecule has 4 nitrogen and oxygen atoms in total. The van der Waals surface area contributed by atoms with Crippen LogP contribution in [0.25, 0.3) is 0 Å². The van der Waals surface area contributed by atoms with Crippen molar-refractivity contribution in [3.05, 3.63) is 36.4 Å². The molecule has 0 saturated carbocycles. The maximum absolute atomic E-state index is 5.64. The molecule has 0 unspecified atom stereocenters. The van der Waals surface area contributed by atoms with Crippen molar-refractivity contribution < 1.29 is 18.9 Å². The standard InChI is InChI=1S/C19H25O4P/c1-6-13-24(18-14(20-2)9-7-10-15(18)21-3)19-16(22-4)11-8-12-17(19)23-5/h7-12H,6,13H2,1-5H3. The third-order valence-corrected chi connectivity index (χ3v) is 6.65. The van der Waals surface area contributed by atoms with Crippen LogP contribution in [0.5, 0.6) is 23.0 Å². The highest BCUT2D eigenvalue weighted by Gasteiger charge is 2.27. The lowest BCUT2D eigenvalue weighted by Gasteiger charge is -2.25. The SMILES string of the molecule is CCCP(c1c(OC)cccc1OC)c1c(OC)cccc1OC. The van der Waals surface area contributed by atoms with Gasteiger partial charge in [-0.2, -0.15) is 0 Å². The molecule has 130 valence electrons. The van der Waals surface area contributed by atoms with Gasteiger partial charge < -0.3 is 18.9 Å². The smallest absolute Gasteiger partial charge is 0.130 e. The van der Waals surface area contributed by atoms with Crippen LogP contribution in [0.4, 0.5) is 0 Å². The van der Waals surface area contributed by atoms with Gasteiger partial charge >= 0.3 is 0 Å². The van der Waals surface area contributed by atoms with Gasteiger partial charge in [0.2, 0.25) is 0 Å². The summed E-state index contributed by atoms with van der Waals surface area (Å²) in [5, 5.41) is 2.17. The Kier molecular flexibility index (Phi) is 6.74. The van der Waals surface area contributed by atoms with Crippen LogP contribution in [0.2, 0.25) is 0 Å². The average Bonchev–Trinajstić information content (AvgIpc) is 2.64. The summed E-state index contributed by atoms with van der Waals surface area (Å²) in [7, 11) is 6.01. The zero-order chi connectivity index (χ0) is 17.5. The molecule has 0 aliphatic carbocycles. The maximum atomic E-state index is 5.64. The minimum atomic E-state index is -0.757. The van der Waals surface area contributed by atoms with Gasteiger partial charge in [0, 0.05) is 0 Å². The molecule has 2 aromatic rings. The molecule has 0 aliphatic heterocycles. The second-order valence-corrected chi connectivity index (χ2v) is 7.37. The molecule has 0 amide bonds. The number of hydrogen-bond donors (Lipinski definition) is 0. The number of hydrogen-bond acceptors (Lipinski definition) is 4. The lowest BCUT2D eigenvalue weighted by atomic mass is 10.3. The highest BCUT2D eigenvalue weighted by molar-refractivity contribution is 7.73. The van der Waals surface area contributed by atoms with E-state index in [9.17, 15) is 0 Å². The van der Waals surface area contributed by atoms with E-state index >= 15 is 0 Å². The quantitative estimate of drug-likeness (QED) is 0.684. The average molecular weight is 348 g/mol. The Balaban J connectivity index is 2.73. The number of ether oxygens (including phenoxy) is 4. The lowest BCUT2D eigenvalue weighted by molar-refractivity contribution is 0.399. The minimum absolute atomic E-state index is 0.757. The molecule has 5 heteroatoms. The van der Waals surface area contributed by atoms with Crippen molar-refractivity contribution in [1.82, 2.24) is 0 Å². The Morgan fingerprint density at radius 2 is 1.00 bits per heavy atom. The van der Waals surface area contributed by atoms with Crippen molar-refractivity contribution in [2.75, 3.05) is 34.6 Å². The zero-order valence-corrected chi connectivity index (χ0v) is 15.9. The lowest BCUT2D eigenvalue weighted by Crippen LogP contribution is -2.21. The summed E-state index contributed by atoms with van der Waals surface area (Å²) >= 11 is 0. The molecule has 0 aromatic heterocycles. The summed E-state index contributed by atoms with van der Waals surface area (Å²) in [5.74, 6) is 3.34. The second kappa shape index (κ2) is 8.79. The van der Waals surface area contributed by atoms with E-state index in [4.69, 9.17) is 18.9 Å². The molecule has 0 spiro atoms. The topological polar surface area (TPSA) is 36.9 Å². The molecule has 0 N–H and O–H groups in total. The molecule has 0 fully saturated rings. The fraction of sp³-hybridized carbons (Fsp3) is 0.368. The van der Waals surface area contributed by atoms with Crippen molar-refractivity contribution in [1.29, 1.82) is 0 Å². The first-order valence-corrected chi connectivity index (χ1v) is 9.43. The van der Waals surface area contributed by atoms with E-state index in [-0.39, 0.29) is 0 Å². The van der Waals surface area contributed by atoms with Gasteiger partial charge in [-0.15, -0.1) is 0 Å². The van der Waals surface area contributed by atoms with Crippen LogP contribution in [-0.4, -0.2) is 34.6 Å². The van der Waals surface area contributed by atoms with Crippen LogP contribution in [0.3, 0.4) is 0 Å². The third kappa shape index (κ3) is 3.59. The highest BCUT2D eigenvalue weighted by atomic mass is 31.1. The predicted molar refractivity (Wildman–Crippen MR) is 100 cm³/mol. The molecule has 24 heavy (non-hydrogen) atoms. The van der Waals surface area contributed by atoms with Gasteiger partial charge in [0.05, 0.1) is 39.0 Å². The monoisotopic (exact) mass is 348 g/mol. The Hall–Kier alpha value is -1.93. The predicted octanol–water partition coefficient (Wildman–Crippen LogP) is 3.56. The van der Waals surface area contributed by atoms with E-state index in [1.807, 2.05) is 36.4 Å². The van der Waals surface area contributed by atoms with Crippen LogP contribution in [0.15, 0.2) is 36.4 Å². The molecule has 2 rings (SSSR count). The first-order valence-electron chi connectivity index (χ1n) is 7.91. The molecule has 0 aliphatic rings. The van der Waals surface area contributed by atoms with Gasteiger partial charge in [0.25, 0.3) is 0 Å². The Bertz CT molecular complexity index is 572. The van der Waals surface area contributed by atoms with Gasteiger partial charge in [0.15, 0.2) is 0 Å². The molecule has 0 radical (unpaired) electrons. The number of methoxy groups -OCH3 is 4. The van der Waals surface area contributed by atoms with Gasteiger partial charge in [-0.05, 0) is 38.3 Å². The van der Waals surface area contributed by atoms with Crippen LogP contribution >= 0.6 is 7.92 Å². The molecular weight excluding hydrogens is 323 g/mol. The van der Waals surface area contributed by atoms with E-state index in [0.717, 1.165) is 46.2 Å². The molecule has 2 aromatic carbocycles.